The highest BCUT2D eigenvalue weighted by Gasteiger charge is 2.23. The minimum Gasteiger partial charge on any atom is -0.497 e. The minimum absolute atomic E-state index is 0.0225. The highest BCUT2D eigenvalue weighted by Crippen LogP contribution is 2.28. The van der Waals surface area contributed by atoms with Crippen LogP contribution in [0.3, 0.4) is 0 Å². The van der Waals surface area contributed by atoms with Crippen LogP contribution in [0, 0.1) is 0 Å². The summed E-state index contributed by atoms with van der Waals surface area (Å²) >= 11 is 3.39. The number of hydrogen-bond acceptors (Lipinski definition) is 3. The fourth-order valence-electron chi connectivity index (χ4n) is 2.47. The summed E-state index contributed by atoms with van der Waals surface area (Å²) in [6.07, 6.45) is 0.793. The van der Waals surface area contributed by atoms with E-state index in [4.69, 9.17) is 9.47 Å². The zero-order valence-electron chi connectivity index (χ0n) is 12.1. The van der Waals surface area contributed by atoms with E-state index in [1.807, 2.05) is 18.2 Å². The second-order valence-corrected chi connectivity index (χ2v) is 5.96. The largest absolute Gasteiger partial charge is 0.497 e. The highest BCUT2D eigenvalue weighted by molar-refractivity contribution is 9.10. The van der Waals surface area contributed by atoms with Crippen molar-refractivity contribution in [2.75, 3.05) is 13.7 Å². The van der Waals surface area contributed by atoms with Crippen LogP contribution in [0.4, 0.5) is 0 Å². The lowest BCUT2D eigenvalue weighted by molar-refractivity contribution is 0.0932. The SMILES string of the molecule is COc1ccc(Br)c(C(=O)NCC2Cc3ccccc3O2)c1. The Bertz CT molecular complexity index is 677. The molecule has 0 fully saturated rings. The molecule has 1 aliphatic heterocycles. The van der Waals surface area contributed by atoms with Gasteiger partial charge in [-0.1, -0.05) is 18.2 Å². The van der Waals surface area contributed by atoms with Crippen LogP contribution < -0.4 is 14.8 Å². The Morgan fingerprint density at radius 1 is 1.36 bits per heavy atom. The fraction of sp³-hybridized carbons (Fsp3) is 0.235. The molecule has 0 bridgehead atoms. The zero-order chi connectivity index (χ0) is 15.5. The Balaban J connectivity index is 1.62. The predicted molar refractivity (Wildman–Crippen MR) is 87.6 cm³/mol. The number of carbonyl (C=O) groups excluding carboxylic acids is 1. The molecule has 0 radical (unpaired) electrons. The standard InChI is InChI=1S/C17H16BrNO3/c1-21-12-6-7-15(18)14(9-12)17(20)19-10-13-8-11-4-2-3-5-16(11)22-13/h2-7,9,13H,8,10H2,1H3,(H,19,20). The number of amides is 1. The number of fused-ring (bicyclic) bond motifs is 1. The van der Waals surface area contributed by atoms with E-state index in [0.717, 1.165) is 16.6 Å². The van der Waals surface area contributed by atoms with Crippen LogP contribution in [-0.4, -0.2) is 25.7 Å². The van der Waals surface area contributed by atoms with Crippen molar-refractivity contribution in [2.45, 2.75) is 12.5 Å². The molecule has 3 rings (SSSR count). The monoisotopic (exact) mass is 361 g/mol. The maximum atomic E-state index is 12.3. The van der Waals surface area contributed by atoms with E-state index in [9.17, 15) is 4.79 Å². The molecule has 1 aliphatic rings. The molecule has 114 valence electrons. The normalized spacial score (nSPS) is 15.8. The molecule has 0 spiro atoms. The number of hydrogen-bond donors (Lipinski definition) is 1. The van der Waals surface area contributed by atoms with Crippen LogP contribution in [0.2, 0.25) is 0 Å². The third-order valence-electron chi connectivity index (χ3n) is 3.62. The van der Waals surface area contributed by atoms with Gasteiger partial charge in [0.2, 0.25) is 0 Å². The van der Waals surface area contributed by atoms with Crippen molar-refractivity contribution in [3.05, 3.63) is 58.1 Å². The van der Waals surface area contributed by atoms with Crippen molar-refractivity contribution in [3.63, 3.8) is 0 Å². The summed E-state index contributed by atoms with van der Waals surface area (Å²) in [5.74, 6) is 1.41. The van der Waals surface area contributed by atoms with Gasteiger partial charge in [0.25, 0.3) is 5.91 Å². The molecule has 1 unspecified atom stereocenters. The summed E-state index contributed by atoms with van der Waals surface area (Å²) in [6, 6.07) is 13.3. The first-order chi connectivity index (χ1) is 10.7. The smallest absolute Gasteiger partial charge is 0.252 e. The summed E-state index contributed by atoms with van der Waals surface area (Å²) in [7, 11) is 1.58. The average Bonchev–Trinajstić information content (AvgIpc) is 2.96. The van der Waals surface area contributed by atoms with E-state index in [0.29, 0.717) is 17.9 Å². The molecule has 4 nitrogen and oxygen atoms in total. The van der Waals surface area contributed by atoms with Crippen LogP contribution in [0.25, 0.3) is 0 Å². The summed E-state index contributed by atoms with van der Waals surface area (Å²) in [5, 5.41) is 2.92. The van der Waals surface area contributed by atoms with Gasteiger partial charge in [0.05, 0.1) is 19.2 Å². The molecule has 2 aromatic rings. The Morgan fingerprint density at radius 2 is 2.18 bits per heavy atom. The second kappa shape index (κ2) is 6.40. The van der Waals surface area contributed by atoms with Crippen molar-refractivity contribution >= 4 is 21.8 Å². The molecule has 0 aliphatic carbocycles. The Hall–Kier alpha value is -2.01. The van der Waals surface area contributed by atoms with Crippen molar-refractivity contribution in [2.24, 2.45) is 0 Å². The van der Waals surface area contributed by atoms with E-state index in [1.165, 1.54) is 5.56 Å². The average molecular weight is 362 g/mol. The molecule has 1 amide bonds. The predicted octanol–water partition coefficient (Wildman–Crippen LogP) is 3.19. The molecule has 0 saturated heterocycles. The number of ether oxygens (including phenoxy) is 2. The van der Waals surface area contributed by atoms with Gasteiger partial charge >= 0.3 is 0 Å². The van der Waals surface area contributed by atoms with E-state index in [1.54, 1.807) is 25.3 Å². The first-order valence-corrected chi connectivity index (χ1v) is 7.83. The second-order valence-electron chi connectivity index (χ2n) is 5.11. The molecule has 1 heterocycles. The lowest BCUT2D eigenvalue weighted by atomic mass is 10.1. The maximum absolute atomic E-state index is 12.3. The van der Waals surface area contributed by atoms with E-state index < -0.39 is 0 Å². The number of halogens is 1. The van der Waals surface area contributed by atoms with Gasteiger partial charge in [-0.3, -0.25) is 4.79 Å². The van der Waals surface area contributed by atoms with Gasteiger partial charge in [-0.25, -0.2) is 0 Å². The summed E-state index contributed by atoms with van der Waals surface area (Å²) in [4.78, 5) is 12.3. The molecular formula is C17H16BrNO3. The summed E-state index contributed by atoms with van der Waals surface area (Å²) in [5.41, 5.74) is 1.74. The molecule has 1 atom stereocenters. The summed E-state index contributed by atoms with van der Waals surface area (Å²) in [6.45, 7) is 0.469. The molecule has 0 saturated carbocycles. The third-order valence-corrected chi connectivity index (χ3v) is 4.31. The van der Waals surface area contributed by atoms with Crippen LogP contribution >= 0.6 is 15.9 Å². The van der Waals surface area contributed by atoms with E-state index in [-0.39, 0.29) is 12.0 Å². The van der Waals surface area contributed by atoms with E-state index >= 15 is 0 Å². The van der Waals surface area contributed by atoms with Crippen molar-refractivity contribution in [1.82, 2.24) is 5.32 Å². The number of benzene rings is 2. The lowest BCUT2D eigenvalue weighted by Gasteiger charge is -2.13. The minimum atomic E-state index is -0.148. The van der Waals surface area contributed by atoms with Gasteiger partial charge in [-0.2, -0.15) is 0 Å². The van der Waals surface area contributed by atoms with Gasteiger partial charge in [-0.05, 0) is 45.8 Å². The number of nitrogens with one attached hydrogen (secondary N) is 1. The molecule has 0 aromatic heterocycles. The number of carbonyl (C=O) groups is 1. The summed E-state index contributed by atoms with van der Waals surface area (Å²) < 4.78 is 11.7. The van der Waals surface area contributed by atoms with Crippen LogP contribution in [-0.2, 0) is 6.42 Å². The van der Waals surface area contributed by atoms with Crippen LogP contribution in [0.5, 0.6) is 11.5 Å². The van der Waals surface area contributed by atoms with Crippen molar-refractivity contribution < 1.29 is 14.3 Å². The number of para-hydroxylation sites is 1. The maximum Gasteiger partial charge on any atom is 0.252 e. The third kappa shape index (κ3) is 3.09. The molecule has 2 aromatic carbocycles. The van der Waals surface area contributed by atoms with Gasteiger partial charge in [0.1, 0.15) is 17.6 Å². The zero-order valence-corrected chi connectivity index (χ0v) is 13.7. The first kappa shape index (κ1) is 14.9. The Labute approximate surface area is 137 Å². The van der Waals surface area contributed by atoms with Crippen molar-refractivity contribution in [3.8, 4) is 11.5 Å². The Kier molecular flexibility index (Phi) is 4.34. The topological polar surface area (TPSA) is 47.6 Å². The van der Waals surface area contributed by atoms with Crippen LogP contribution in [0.15, 0.2) is 46.9 Å². The van der Waals surface area contributed by atoms with Gasteiger partial charge in [-0.15, -0.1) is 0 Å². The van der Waals surface area contributed by atoms with Crippen LogP contribution in [0.1, 0.15) is 15.9 Å². The fourth-order valence-corrected chi connectivity index (χ4v) is 2.90. The van der Waals surface area contributed by atoms with Crippen molar-refractivity contribution in [1.29, 1.82) is 0 Å². The highest BCUT2D eigenvalue weighted by atomic mass is 79.9. The molecule has 1 N–H and O–H groups in total. The first-order valence-electron chi connectivity index (χ1n) is 7.03. The van der Waals surface area contributed by atoms with Gasteiger partial charge in [0.15, 0.2) is 0 Å². The molecular weight excluding hydrogens is 346 g/mol. The molecule has 22 heavy (non-hydrogen) atoms. The number of rotatable bonds is 4. The quantitative estimate of drug-likeness (QED) is 0.909. The number of methoxy groups -OCH3 is 1. The lowest BCUT2D eigenvalue weighted by Crippen LogP contribution is -2.34. The van der Waals surface area contributed by atoms with E-state index in [2.05, 4.69) is 27.3 Å². The Morgan fingerprint density at radius 3 is 2.95 bits per heavy atom. The van der Waals surface area contributed by atoms with Gasteiger partial charge < -0.3 is 14.8 Å². The van der Waals surface area contributed by atoms with Gasteiger partial charge in [0, 0.05) is 10.9 Å². The molecule has 5 heteroatoms.